The predicted octanol–water partition coefficient (Wildman–Crippen LogP) is 4.42. The number of aliphatic hydroxyl groups excluding tert-OH is 2. The summed E-state index contributed by atoms with van der Waals surface area (Å²) < 4.78 is 26.2. The number of ether oxygens (including phenoxy) is 2. The number of aliphatic hydroxyl groups is 2. The number of nitrogens with one attached hydrogen (secondary N) is 1. The maximum absolute atomic E-state index is 14.7. The predicted molar refractivity (Wildman–Crippen MR) is 199 cm³/mol. The maximum atomic E-state index is 14.7. The summed E-state index contributed by atoms with van der Waals surface area (Å²) in [4.78, 5) is 42.4. The quantitative estimate of drug-likeness (QED) is 0.164. The van der Waals surface area contributed by atoms with Gasteiger partial charge in [0.2, 0.25) is 0 Å². The van der Waals surface area contributed by atoms with Crippen molar-refractivity contribution in [3.8, 4) is 11.5 Å². The molecule has 4 N–H and O–H groups in total. The van der Waals surface area contributed by atoms with Gasteiger partial charge in [-0.1, -0.05) is 30.3 Å². The monoisotopic (exact) mass is 793 g/mol. The second-order valence-electron chi connectivity index (χ2n) is 14.0. The number of hydrogen-bond donors (Lipinski definition) is 4. The largest absolute Gasteiger partial charge is 0.492 e. The van der Waals surface area contributed by atoms with E-state index in [2.05, 4.69) is 21.2 Å². The number of hydrogen-bond acceptors (Lipinski definition) is 8. The van der Waals surface area contributed by atoms with Gasteiger partial charge in [0.05, 0.1) is 23.7 Å². The van der Waals surface area contributed by atoms with Crippen molar-refractivity contribution in [1.29, 1.82) is 0 Å². The van der Waals surface area contributed by atoms with Crippen molar-refractivity contribution < 1.29 is 43.6 Å². The highest BCUT2D eigenvalue weighted by atomic mass is 79.9. The number of piperazine rings is 1. The molecular weight excluding hydrogens is 749 g/mol. The summed E-state index contributed by atoms with van der Waals surface area (Å²) in [6.45, 7) is 5.30. The first-order valence-corrected chi connectivity index (χ1v) is 18.7. The lowest BCUT2D eigenvalue weighted by molar-refractivity contribution is -0.163. The Morgan fingerprint density at radius 3 is 2.42 bits per heavy atom. The van der Waals surface area contributed by atoms with E-state index in [4.69, 9.17) is 9.47 Å². The van der Waals surface area contributed by atoms with Gasteiger partial charge in [-0.2, -0.15) is 0 Å². The number of carboxylic acid groups (broad SMARTS) is 1. The first-order valence-electron chi connectivity index (χ1n) is 17.9. The number of carboxylic acids is 1. The lowest BCUT2D eigenvalue weighted by Gasteiger charge is -2.45. The average Bonchev–Trinajstić information content (AvgIpc) is 3.99. The molecule has 1 aliphatic carbocycles. The Balaban J connectivity index is 1.22. The van der Waals surface area contributed by atoms with Crippen molar-refractivity contribution in [2.24, 2.45) is 0 Å². The van der Waals surface area contributed by atoms with Crippen molar-refractivity contribution in [3.05, 3.63) is 98.8 Å². The fourth-order valence-electron chi connectivity index (χ4n) is 6.98. The Kier molecular flexibility index (Phi) is 12.2. The third-order valence-corrected chi connectivity index (χ3v) is 10.8. The molecule has 2 fully saturated rings. The van der Waals surface area contributed by atoms with Crippen LogP contribution in [0.4, 0.5) is 4.39 Å². The Labute approximate surface area is 316 Å². The van der Waals surface area contributed by atoms with Gasteiger partial charge in [0.15, 0.2) is 12.2 Å². The minimum atomic E-state index is -2.26. The average molecular weight is 795 g/mol. The molecule has 0 spiro atoms. The van der Waals surface area contributed by atoms with Crippen molar-refractivity contribution in [3.63, 3.8) is 0 Å². The fraction of sp³-hybridized carbons (Fsp3) is 0.425. The third-order valence-electron chi connectivity index (χ3n) is 10.1. The van der Waals surface area contributed by atoms with Gasteiger partial charge in [0.1, 0.15) is 23.9 Å². The molecule has 2 amide bonds. The van der Waals surface area contributed by atoms with Crippen LogP contribution in [0.1, 0.15) is 47.9 Å². The number of carbonyl (C=O) groups is 3. The van der Waals surface area contributed by atoms with E-state index in [1.54, 1.807) is 6.07 Å². The van der Waals surface area contributed by atoms with Gasteiger partial charge in [-0.15, -0.1) is 0 Å². The molecule has 2 heterocycles. The normalized spacial score (nSPS) is 19.4. The SMILES string of the molecule is Cc1ccc(OCCN(C(=O)C2=C(c3ccc(CCCOc4cc(F)ccc4Br)cc3)C[C@@H]3CN(C(=O)[C@@H](O)[C@H](O)C(=O)O)C[C@H]2N3)C2CC2)cc1C. The summed E-state index contributed by atoms with van der Waals surface area (Å²) in [7, 11) is 0. The molecule has 2 aliphatic heterocycles. The van der Waals surface area contributed by atoms with Crippen LogP contribution in [-0.4, -0.2) is 106 Å². The Hall–Kier alpha value is -4.30. The van der Waals surface area contributed by atoms with E-state index < -0.39 is 30.1 Å². The van der Waals surface area contributed by atoms with Crippen molar-refractivity contribution in [1.82, 2.24) is 15.1 Å². The van der Waals surface area contributed by atoms with Crippen LogP contribution in [0.5, 0.6) is 11.5 Å². The highest BCUT2D eigenvalue weighted by molar-refractivity contribution is 9.10. The van der Waals surface area contributed by atoms with E-state index >= 15 is 0 Å². The number of halogens is 2. The van der Waals surface area contributed by atoms with Crippen LogP contribution in [0.2, 0.25) is 0 Å². The van der Waals surface area contributed by atoms with Gasteiger partial charge in [0.25, 0.3) is 11.8 Å². The van der Waals surface area contributed by atoms with Crippen LogP contribution in [0.15, 0.2) is 70.7 Å². The summed E-state index contributed by atoms with van der Waals surface area (Å²) in [6, 6.07) is 17.5. The van der Waals surface area contributed by atoms with Crippen molar-refractivity contribution >= 4 is 39.3 Å². The number of amides is 2. The lowest BCUT2D eigenvalue weighted by Crippen LogP contribution is -2.64. The van der Waals surface area contributed by atoms with Gasteiger partial charge < -0.3 is 39.9 Å². The molecule has 0 radical (unpaired) electrons. The van der Waals surface area contributed by atoms with E-state index in [1.165, 1.54) is 17.0 Å². The summed E-state index contributed by atoms with van der Waals surface area (Å²) in [6.07, 6.45) is -0.813. The van der Waals surface area contributed by atoms with Gasteiger partial charge in [-0.25, -0.2) is 9.18 Å². The van der Waals surface area contributed by atoms with E-state index in [9.17, 15) is 34.1 Å². The fourth-order valence-corrected chi connectivity index (χ4v) is 7.34. The van der Waals surface area contributed by atoms with Crippen LogP contribution in [0.3, 0.4) is 0 Å². The molecule has 11 nitrogen and oxygen atoms in total. The highest BCUT2D eigenvalue weighted by Crippen LogP contribution is 2.37. The zero-order valence-electron chi connectivity index (χ0n) is 29.8. The molecule has 1 saturated heterocycles. The standard InChI is InChI=1S/C40H45BrFN3O8/c1-23-5-13-30(18-24(23)2)52-17-15-45(29-11-12-29)38(48)35-31(20-28-21-44(22-33(35)43-28)39(49)36(46)37(47)40(50)51)26-8-6-25(7-9-26)4-3-16-53-34-19-27(42)10-14-32(34)41/h5-10,13-14,18-19,28-29,33,36-37,43,46-47H,3-4,11-12,15-17,20-22H2,1-2H3,(H,50,51)/t28-,33-,36+,37+/m1/s1. The van der Waals surface area contributed by atoms with Crippen LogP contribution < -0.4 is 14.8 Å². The van der Waals surface area contributed by atoms with Crippen LogP contribution in [-0.2, 0) is 20.8 Å². The first kappa shape index (κ1) is 38.4. The molecule has 3 aromatic carbocycles. The molecular formula is C40H45BrFN3O8. The number of benzene rings is 3. The highest BCUT2D eigenvalue weighted by Gasteiger charge is 2.45. The van der Waals surface area contributed by atoms with E-state index in [0.29, 0.717) is 48.4 Å². The van der Waals surface area contributed by atoms with Crippen molar-refractivity contribution in [2.45, 2.75) is 76.3 Å². The molecule has 282 valence electrons. The summed E-state index contributed by atoms with van der Waals surface area (Å²) in [5.74, 6) is -1.94. The number of fused-ring (bicyclic) bond motifs is 2. The second-order valence-corrected chi connectivity index (χ2v) is 14.9. The molecule has 3 aliphatic rings. The van der Waals surface area contributed by atoms with Gasteiger partial charge in [0, 0.05) is 36.8 Å². The molecule has 0 aromatic heterocycles. The van der Waals surface area contributed by atoms with E-state index in [-0.39, 0.29) is 36.9 Å². The molecule has 2 bridgehead atoms. The molecule has 53 heavy (non-hydrogen) atoms. The van der Waals surface area contributed by atoms with Crippen LogP contribution in [0, 0.1) is 19.7 Å². The Bertz CT molecular complexity index is 1870. The Morgan fingerprint density at radius 2 is 1.72 bits per heavy atom. The maximum Gasteiger partial charge on any atom is 0.335 e. The molecule has 6 rings (SSSR count). The number of aliphatic carboxylic acids is 1. The van der Waals surface area contributed by atoms with Gasteiger partial charge >= 0.3 is 5.97 Å². The van der Waals surface area contributed by atoms with E-state index in [1.807, 2.05) is 61.2 Å². The number of aryl methyl sites for hydroxylation is 3. The summed E-state index contributed by atoms with van der Waals surface area (Å²) in [5.41, 5.74) is 5.63. The van der Waals surface area contributed by atoms with Crippen molar-refractivity contribution in [2.75, 3.05) is 32.8 Å². The molecule has 0 unspecified atom stereocenters. The van der Waals surface area contributed by atoms with Crippen LogP contribution in [0.25, 0.3) is 5.57 Å². The lowest BCUT2D eigenvalue weighted by atomic mass is 9.82. The zero-order chi connectivity index (χ0) is 37.8. The van der Waals surface area contributed by atoms with Crippen LogP contribution >= 0.6 is 15.9 Å². The molecule has 4 atom stereocenters. The minimum absolute atomic E-state index is 0.0144. The van der Waals surface area contributed by atoms with Gasteiger partial charge in [-0.3, -0.25) is 9.59 Å². The molecule has 3 aromatic rings. The van der Waals surface area contributed by atoms with Gasteiger partial charge in [-0.05, 0) is 114 Å². The molecule has 13 heteroatoms. The zero-order valence-corrected chi connectivity index (χ0v) is 31.4. The first-order chi connectivity index (χ1) is 25.4. The minimum Gasteiger partial charge on any atom is -0.492 e. The topological polar surface area (TPSA) is 149 Å². The third kappa shape index (κ3) is 9.26. The van der Waals surface area contributed by atoms with E-state index in [0.717, 1.165) is 52.8 Å². The second kappa shape index (κ2) is 16.8. The smallest absolute Gasteiger partial charge is 0.335 e. The summed E-state index contributed by atoms with van der Waals surface area (Å²) >= 11 is 3.38. The number of nitrogens with zero attached hydrogens (tertiary/aromatic N) is 2. The number of carbonyl (C=O) groups excluding carboxylic acids is 2. The number of rotatable bonds is 15. The molecule has 1 saturated carbocycles. The summed E-state index contributed by atoms with van der Waals surface area (Å²) in [5, 5.41) is 33.0. The Morgan fingerprint density at radius 1 is 0.962 bits per heavy atom.